The van der Waals surface area contributed by atoms with Gasteiger partial charge in [0.25, 0.3) is 11.8 Å². The molecule has 1 N–H and O–H groups in total. The monoisotopic (exact) mass is 364 g/mol. The van der Waals surface area contributed by atoms with Gasteiger partial charge in [-0.15, -0.1) is 0 Å². The minimum Gasteiger partial charge on any atom is -0.493 e. The Bertz CT molecular complexity index is 825. The highest BCUT2D eigenvalue weighted by molar-refractivity contribution is 5.98. The van der Waals surface area contributed by atoms with E-state index in [0.717, 1.165) is 12.1 Å². The van der Waals surface area contributed by atoms with Gasteiger partial charge in [0.1, 0.15) is 0 Å². The maximum atomic E-state index is 13.2. The van der Waals surface area contributed by atoms with Crippen LogP contribution in [0.3, 0.4) is 0 Å². The van der Waals surface area contributed by atoms with Crippen LogP contribution in [0, 0.1) is 11.6 Å². The third-order valence-electron chi connectivity index (χ3n) is 3.39. The van der Waals surface area contributed by atoms with Crippen LogP contribution in [0.5, 0.6) is 11.5 Å². The van der Waals surface area contributed by atoms with Crippen LogP contribution in [-0.2, 0) is 4.79 Å². The first-order valence-electron chi connectivity index (χ1n) is 7.60. The number of nitrogens with one attached hydrogen (secondary N) is 1. The number of hydrogen-bond donors (Lipinski definition) is 1. The smallest absolute Gasteiger partial charge is 0.262 e. The highest BCUT2D eigenvalue weighted by Gasteiger charge is 2.19. The second-order valence-corrected chi connectivity index (χ2v) is 5.50. The summed E-state index contributed by atoms with van der Waals surface area (Å²) in [6.45, 7) is -0.451. The zero-order valence-electron chi connectivity index (χ0n) is 14.5. The van der Waals surface area contributed by atoms with Crippen LogP contribution < -0.4 is 14.8 Å². The van der Waals surface area contributed by atoms with Gasteiger partial charge >= 0.3 is 0 Å². The average molecular weight is 364 g/mol. The Hall–Kier alpha value is -3.16. The molecule has 0 aliphatic heterocycles. The Morgan fingerprint density at radius 1 is 1.12 bits per heavy atom. The molecule has 0 spiro atoms. The number of halogens is 2. The fourth-order valence-corrected chi connectivity index (χ4v) is 2.14. The van der Waals surface area contributed by atoms with Crippen LogP contribution in [0.2, 0.25) is 0 Å². The number of para-hydroxylation sites is 1. The molecule has 2 aromatic carbocycles. The Morgan fingerprint density at radius 2 is 1.85 bits per heavy atom. The van der Waals surface area contributed by atoms with Gasteiger partial charge in [-0.25, -0.2) is 8.78 Å². The zero-order valence-corrected chi connectivity index (χ0v) is 14.5. The molecule has 0 saturated heterocycles. The van der Waals surface area contributed by atoms with Crippen molar-refractivity contribution in [1.29, 1.82) is 0 Å². The van der Waals surface area contributed by atoms with Gasteiger partial charge in [-0.3, -0.25) is 9.59 Å². The van der Waals surface area contributed by atoms with Gasteiger partial charge in [0.15, 0.2) is 29.7 Å². The third-order valence-corrected chi connectivity index (χ3v) is 3.39. The van der Waals surface area contributed by atoms with Crippen molar-refractivity contribution in [1.82, 2.24) is 4.90 Å². The number of nitrogens with zero attached hydrogens (tertiary/aromatic N) is 1. The molecule has 0 atom stereocenters. The Labute approximate surface area is 149 Å². The fourth-order valence-electron chi connectivity index (χ4n) is 2.14. The summed E-state index contributed by atoms with van der Waals surface area (Å²) in [4.78, 5) is 25.6. The molecular weight excluding hydrogens is 346 g/mol. The Kier molecular flexibility index (Phi) is 6.11. The summed E-state index contributed by atoms with van der Waals surface area (Å²) in [7, 11) is 4.58. The maximum Gasteiger partial charge on any atom is 0.262 e. The van der Waals surface area contributed by atoms with Crippen molar-refractivity contribution in [3.63, 3.8) is 0 Å². The van der Waals surface area contributed by atoms with Crippen LogP contribution in [0.4, 0.5) is 14.5 Å². The summed E-state index contributed by atoms with van der Waals surface area (Å²) < 4.78 is 36.7. The first kappa shape index (κ1) is 19.2. The van der Waals surface area contributed by atoms with Crippen LogP contribution in [0.25, 0.3) is 0 Å². The van der Waals surface area contributed by atoms with E-state index in [0.29, 0.717) is 5.75 Å². The van der Waals surface area contributed by atoms with Gasteiger partial charge in [-0.05, 0) is 24.3 Å². The molecule has 2 aromatic rings. The van der Waals surface area contributed by atoms with Gasteiger partial charge in [-0.1, -0.05) is 6.07 Å². The van der Waals surface area contributed by atoms with Crippen molar-refractivity contribution >= 4 is 17.5 Å². The molecule has 26 heavy (non-hydrogen) atoms. The number of anilines is 1. The van der Waals surface area contributed by atoms with Crippen molar-refractivity contribution in [3.8, 4) is 11.5 Å². The topological polar surface area (TPSA) is 67.9 Å². The molecule has 0 radical (unpaired) electrons. The average Bonchev–Trinajstić information content (AvgIpc) is 2.62. The lowest BCUT2D eigenvalue weighted by molar-refractivity contribution is -0.118. The molecule has 2 amide bonds. The van der Waals surface area contributed by atoms with Gasteiger partial charge in [-0.2, -0.15) is 0 Å². The summed E-state index contributed by atoms with van der Waals surface area (Å²) in [6.07, 6.45) is 0. The highest BCUT2D eigenvalue weighted by Crippen LogP contribution is 2.31. The Balaban J connectivity index is 2.13. The number of amides is 2. The summed E-state index contributed by atoms with van der Waals surface area (Å²) in [5, 5.41) is 2.38. The molecule has 0 aromatic heterocycles. The van der Waals surface area contributed by atoms with E-state index < -0.39 is 24.1 Å². The van der Waals surface area contributed by atoms with Gasteiger partial charge in [0.2, 0.25) is 0 Å². The van der Waals surface area contributed by atoms with Gasteiger partial charge in [0, 0.05) is 25.8 Å². The van der Waals surface area contributed by atoms with Crippen LogP contribution >= 0.6 is 0 Å². The summed E-state index contributed by atoms with van der Waals surface area (Å²) in [5.41, 5.74) is 0.317. The van der Waals surface area contributed by atoms with E-state index in [9.17, 15) is 18.4 Å². The van der Waals surface area contributed by atoms with Gasteiger partial charge in [0.05, 0.1) is 12.7 Å². The number of methoxy groups -OCH3 is 1. The number of carbonyl (C=O) groups excluding carboxylic acids is 2. The minimum absolute atomic E-state index is 0.0853. The Morgan fingerprint density at radius 3 is 2.46 bits per heavy atom. The summed E-state index contributed by atoms with van der Waals surface area (Å²) >= 11 is 0. The zero-order chi connectivity index (χ0) is 19.3. The van der Waals surface area contributed by atoms with E-state index in [4.69, 9.17) is 9.47 Å². The molecule has 8 heteroatoms. The van der Waals surface area contributed by atoms with Crippen molar-refractivity contribution in [3.05, 3.63) is 53.6 Å². The maximum absolute atomic E-state index is 13.2. The third kappa shape index (κ3) is 4.47. The quantitative estimate of drug-likeness (QED) is 0.856. The van der Waals surface area contributed by atoms with E-state index in [-0.39, 0.29) is 22.9 Å². The fraction of sp³-hybridized carbons (Fsp3) is 0.222. The number of rotatable bonds is 6. The van der Waals surface area contributed by atoms with E-state index in [1.807, 2.05) is 0 Å². The molecular formula is C18H18F2N2O4. The number of ether oxygens (including phenoxy) is 2. The van der Waals surface area contributed by atoms with E-state index in [2.05, 4.69) is 5.32 Å². The molecule has 0 aliphatic carbocycles. The second-order valence-electron chi connectivity index (χ2n) is 5.50. The van der Waals surface area contributed by atoms with E-state index in [1.54, 1.807) is 32.3 Å². The lowest BCUT2D eigenvalue weighted by atomic mass is 10.1. The molecule has 0 unspecified atom stereocenters. The highest BCUT2D eigenvalue weighted by atomic mass is 19.2. The second kappa shape index (κ2) is 8.28. The van der Waals surface area contributed by atoms with Crippen molar-refractivity contribution in [2.75, 3.05) is 33.1 Å². The van der Waals surface area contributed by atoms with Crippen LogP contribution in [-0.4, -0.2) is 44.5 Å². The number of hydrogen-bond acceptors (Lipinski definition) is 4. The first-order chi connectivity index (χ1) is 12.3. The largest absolute Gasteiger partial charge is 0.493 e. The van der Waals surface area contributed by atoms with Crippen molar-refractivity contribution in [2.45, 2.75) is 0 Å². The molecule has 0 bridgehead atoms. The van der Waals surface area contributed by atoms with Crippen LogP contribution in [0.15, 0.2) is 36.4 Å². The number of benzene rings is 2. The summed E-state index contributed by atoms with van der Waals surface area (Å²) in [5.74, 6) is -2.61. The minimum atomic E-state index is -1.08. The predicted molar refractivity (Wildman–Crippen MR) is 91.5 cm³/mol. The van der Waals surface area contributed by atoms with E-state index >= 15 is 0 Å². The molecule has 0 heterocycles. The first-order valence-corrected chi connectivity index (χ1v) is 7.60. The van der Waals surface area contributed by atoms with Crippen molar-refractivity contribution in [2.24, 2.45) is 0 Å². The van der Waals surface area contributed by atoms with E-state index in [1.165, 1.54) is 18.1 Å². The summed E-state index contributed by atoms with van der Waals surface area (Å²) in [6, 6.07) is 7.75. The lowest BCUT2D eigenvalue weighted by Crippen LogP contribution is -2.24. The van der Waals surface area contributed by atoms with Gasteiger partial charge < -0.3 is 19.7 Å². The SMILES string of the molecule is COc1cccc(C(=O)N(C)C)c1OCC(=O)Nc1ccc(F)c(F)c1. The molecule has 2 rings (SSSR count). The standard InChI is InChI=1S/C18H18F2N2O4/c1-22(2)18(24)12-5-4-6-15(25-3)17(12)26-10-16(23)21-11-7-8-13(19)14(20)9-11/h4-9H,10H2,1-3H3,(H,21,23). The van der Waals surface area contributed by atoms with Crippen molar-refractivity contribution < 1.29 is 27.8 Å². The molecule has 0 fully saturated rings. The molecule has 0 saturated carbocycles. The molecule has 6 nitrogen and oxygen atoms in total. The lowest BCUT2D eigenvalue weighted by Gasteiger charge is -2.17. The predicted octanol–water partition coefficient (Wildman–Crippen LogP) is 2.69. The molecule has 0 aliphatic rings. The molecule has 138 valence electrons. The number of carbonyl (C=O) groups is 2. The normalized spacial score (nSPS) is 10.2. The van der Waals surface area contributed by atoms with Crippen LogP contribution in [0.1, 0.15) is 10.4 Å².